The van der Waals surface area contributed by atoms with Crippen LogP contribution in [0.25, 0.3) is 0 Å². The highest BCUT2D eigenvalue weighted by atomic mass is 19.4. The average molecular weight is 350 g/mol. The van der Waals surface area contributed by atoms with Gasteiger partial charge < -0.3 is 10.1 Å². The summed E-state index contributed by atoms with van der Waals surface area (Å²) >= 11 is 0. The Bertz CT molecular complexity index is 777. The van der Waals surface area contributed by atoms with Gasteiger partial charge in [-0.05, 0) is 30.0 Å². The molecule has 1 saturated carbocycles. The number of halogens is 3. The highest BCUT2D eigenvalue weighted by Gasteiger charge is 2.47. The monoisotopic (exact) mass is 350 g/mol. The van der Waals surface area contributed by atoms with Gasteiger partial charge in [0, 0.05) is 24.2 Å². The molecular weight excluding hydrogens is 333 g/mol. The molecule has 1 fully saturated rings. The number of ether oxygens (including phenoxy) is 1. The number of carbonyl (C=O) groups is 1. The third-order valence-corrected chi connectivity index (χ3v) is 4.29. The molecule has 2 atom stereocenters. The molecule has 3 rings (SSSR count). The molecule has 1 heterocycles. The van der Waals surface area contributed by atoms with E-state index < -0.39 is 23.6 Å². The van der Waals surface area contributed by atoms with Crippen LogP contribution in [0.2, 0.25) is 0 Å². The predicted molar refractivity (Wildman–Crippen MR) is 84.9 cm³/mol. The Balaban J connectivity index is 1.65. The van der Waals surface area contributed by atoms with Crippen molar-refractivity contribution < 1.29 is 22.7 Å². The number of benzene rings is 1. The smallest absolute Gasteiger partial charge is 0.416 e. The van der Waals surface area contributed by atoms with Gasteiger partial charge in [0.15, 0.2) is 0 Å². The number of amides is 1. The van der Waals surface area contributed by atoms with Gasteiger partial charge in [-0.2, -0.15) is 13.2 Å². The van der Waals surface area contributed by atoms with E-state index in [0.717, 1.165) is 6.07 Å². The van der Waals surface area contributed by atoms with Crippen LogP contribution in [0.5, 0.6) is 5.88 Å². The summed E-state index contributed by atoms with van der Waals surface area (Å²) in [5, 5.41) is 2.75. The van der Waals surface area contributed by atoms with E-state index in [1.54, 1.807) is 24.4 Å². The van der Waals surface area contributed by atoms with Crippen LogP contribution in [0.4, 0.5) is 13.2 Å². The van der Waals surface area contributed by atoms with Gasteiger partial charge in [-0.1, -0.05) is 24.3 Å². The summed E-state index contributed by atoms with van der Waals surface area (Å²) in [5.41, 5.74) is 0.240. The molecule has 25 heavy (non-hydrogen) atoms. The fourth-order valence-corrected chi connectivity index (χ4v) is 2.96. The Hall–Kier alpha value is -2.57. The molecule has 0 radical (unpaired) electrons. The van der Waals surface area contributed by atoms with Crippen molar-refractivity contribution in [1.29, 1.82) is 0 Å². The van der Waals surface area contributed by atoms with E-state index in [1.807, 2.05) is 0 Å². The number of aromatic nitrogens is 1. The van der Waals surface area contributed by atoms with Gasteiger partial charge >= 0.3 is 6.18 Å². The zero-order valence-electron chi connectivity index (χ0n) is 13.5. The van der Waals surface area contributed by atoms with E-state index in [4.69, 9.17) is 4.74 Å². The summed E-state index contributed by atoms with van der Waals surface area (Å²) in [6.07, 6.45) is -2.42. The van der Waals surface area contributed by atoms with Crippen LogP contribution < -0.4 is 10.1 Å². The molecular formula is C18H17F3N2O2. The van der Waals surface area contributed by atoms with E-state index in [9.17, 15) is 18.0 Å². The summed E-state index contributed by atoms with van der Waals surface area (Å²) in [5.74, 6) is -0.676. The minimum Gasteiger partial charge on any atom is -0.481 e. The van der Waals surface area contributed by atoms with E-state index >= 15 is 0 Å². The summed E-state index contributed by atoms with van der Waals surface area (Å²) in [7, 11) is 1.48. The van der Waals surface area contributed by atoms with Crippen molar-refractivity contribution in [3.63, 3.8) is 0 Å². The van der Waals surface area contributed by atoms with E-state index in [2.05, 4.69) is 10.3 Å². The maximum atomic E-state index is 13.1. The van der Waals surface area contributed by atoms with Crippen molar-refractivity contribution in [2.75, 3.05) is 7.11 Å². The number of hydrogen-bond acceptors (Lipinski definition) is 3. The normalized spacial score (nSPS) is 19.4. The van der Waals surface area contributed by atoms with Crippen LogP contribution >= 0.6 is 0 Å². The fourth-order valence-electron chi connectivity index (χ4n) is 2.96. The maximum absolute atomic E-state index is 13.1. The van der Waals surface area contributed by atoms with Crippen molar-refractivity contribution in [2.45, 2.75) is 25.1 Å². The molecule has 1 aromatic heterocycles. The Kier molecular flexibility index (Phi) is 4.65. The Morgan fingerprint density at radius 2 is 2.04 bits per heavy atom. The van der Waals surface area contributed by atoms with Gasteiger partial charge in [0.2, 0.25) is 11.8 Å². The molecule has 7 heteroatoms. The second-order valence-electron chi connectivity index (χ2n) is 5.92. The van der Waals surface area contributed by atoms with Crippen molar-refractivity contribution in [2.24, 2.45) is 5.92 Å². The minimum atomic E-state index is -4.41. The molecule has 0 spiro atoms. The topological polar surface area (TPSA) is 51.2 Å². The number of pyridine rings is 1. The lowest BCUT2D eigenvalue weighted by molar-refractivity contribution is -0.138. The zero-order chi connectivity index (χ0) is 18.0. The molecule has 0 aliphatic heterocycles. The molecule has 132 valence electrons. The second kappa shape index (κ2) is 6.74. The van der Waals surface area contributed by atoms with Crippen molar-refractivity contribution in [3.05, 3.63) is 59.3 Å². The van der Waals surface area contributed by atoms with E-state index in [-0.39, 0.29) is 18.0 Å². The maximum Gasteiger partial charge on any atom is 0.416 e. The molecule has 1 N–H and O–H groups in total. The summed E-state index contributed by atoms with van der Waals surface area (Å²) in [6, 6.07) is 8.93. The Labute approximate surface area is 143 Å². The van der Waals surface area contributed by atoms with Gasteiger partial charge in [0.05, 0.1) is 12.7 Å². The first kappa shape index (κ1) is 17.3. The van der Waals surface area contributed by atoms with Gasteiger partial charge in [-0.3, -0.25) is 4.79 Å². The highest BCUT2D eigenvalue weighted by molar-refractivity contribution is 5.83. The molecule has 1 aliphatic rings. The number of methoxy groups -OCH3 is 1. The van der Waals surface area contributed by atoms with Crippen LogP contribution in [0.3, 0.4) is 0 Å². The lowest BCUT2D eigenvalue weighted by Gasteiger charge is -2.12. The SMILES string of the molecule is COc1ncccc1CNC(=O)[C@H]1C[C@@H]1c1ccccc1C(F)(F)F. The first-order valence-electron chi connectivity index (χ1n) is 7.83. The van der Waals surface area contributed by atoms with E-state index in [0.29, 0.717) is 17.9 Å². The average Bonchev–Trinajstić information content (AvgIpc) is 3.40. The quantitative estimate of drug-likeness (QED) is 0.898. The van der Waals surface area contributed by atoms with Crippen LogP contribution in [-0.2, 0) is 17.5 Å². The van der Waals surface area contributed by atoms with Gasteiger partial charge in [0.1, 0.15) is 0 Å². The summed E-state index contributed by atoms with van der Waals surface area (Å²) in [6.45, 7) is 0.222. The second-order valence-corrected chi connectivity index (χ2v) is 5.92. The summed E-state index contributed by atoms with van der Waals surface area (Å²) in [4.78, 5) is 16.3. The number of carbonyl (C=O) groups excluding carboxylic acids is 1. The van der Waals surface area contributed by atoms with Gasteiger partial charge in [0.25, 0.3) is 0 Å². The number of hydrogen-bond donors (Lipinski definition) is 1. The lowest BCUT2D eigenvalue weighted by atomic mass is 10.0. The van der Waals surface area contributed by atoms with Crippen molar-refractivity contribution in [1.82, 2.24) is 10.3 Å². The molecule has 1 amide bonds. The lowest BCUT2D eigenvalue weighted by Crippen LogP contribution is -2.25. The summed E-state index contributed by atoms with van der Waals surface area (Å²) < 4.78 is 44.4. The van der Waals surface area contributed by atoms with Crippen LogP contribution in [-0.4, -0.2) is 18.0 Å². The van der Waals surface area contributed by atoms with Gasteiger partial charge in [-0.25, -0.2) is 4.98 Å². The van der Waals surface area contributed by atoms with Crippen molar-refractivity contribution >= 4 is 5.91 Å². The third-order valence-electron chi connectivity index (χ3n) is 4.29. The first-order valence-corrected chi connectivity index (χ1v) is 7.83. The largest absolute Gasteiger partial charge is 0.481 e. The molecule has 4 nitrogen and oxygen atoms in total. The predicted octanol–water partition coefficient (Wildman–Crippen LogP) is 3.53. The third kappa shape index (κ3) is 3.75. The van der Waals surface area contributed by atoms with Crippen molar-refractivity contribution in [3.8, 4) is 5.88 Å². The number of nitrogens with one attached hydrogen (secondary N) is 1. The molecule has 1 aromatic carbocycles. The minimum absolute atomic E-state index is 0.189. The molecule has 2 aromatic rings. The van der Waals surface area contributed by atoms with E-state index in [1.165, 1.54) is 19.2 Å². The number of nitrogens with zero attached hydrogens (tertiary/aromatic N) is 1. The molecule has 0 bridgehead atoms. The van der Waals surface area contributed by atoms with Crippen LogP contribution in [0, 0.1) is 5.92 Å². The Morgan fingerprint density at radius 3 is 2.76 bits per heavy atom. The van der Waals surface area contributed by atoms with Crippen LogP contribution in [0.15, 0.2) is 42.6 Å². The van der Waals surface area contributed by atoms with Gasteiger partial charge in [-0.15, -0.1) is 0 Å². The molecule has 1 aliphatic carbocycles. The zero-order valence-corrected chi connectivity index (χ0v) is 13.5. The Morgan fingerprint density at radius 1 is 1.28 bits per heavy atom. The number of rotatable bonds is 5. The highest BCUT2D eigenvalue weighted by Crippen LogP contribution is 2.51. The number of alkyl halides is 3. The molecule has 0 saturated heterocycles. The molecule has 0 unspecified atom stereocenters. The van der Waals surface area contributed by atoms with Crippen LogP contribution in [0.1, 0.15) is 29.0 Å². The first-order chi connectivity index (χ1) is 11.9. The standard InChI is InChI=1S/C18H17F3N2O2/c1-25-17-11(5-4-8-22-17)10-23-16(24)14-9-13(14)12-6-2-3-7-15(12)18(19,20)21/h2-8,13-14H,9-10H2,1H3,(H,23,24)/t13-,14+/m1/s1. The fraction of sp³-hybridized carbons (Fsp3) is 0.333.